The van der Waals surface area contributed by atoms with E-state index in [4.69, 9.17) is 9.47 Å². The first kappa shape index (κ1) is 21.6. The minimum Gasteiger partial charge on any atom is -0.480 e. The standard InChI is InChI=1S/C20H24N4O5S/c1-10(23-19(27)29-20(2,3)4)8-21-16-14-12(30-17(16)18(25)26)7-6-11-15(14)22-9-13(24-11)28-5/h6-7,9-10,21H,8H2,1-5H3,(H,23,27)(H,25,26)/t10-/m1/s1. The molecule has 1 aromatic carbocycles. The molecule has 1 amide bonds. The van der Waals surface area contributed by atoms with E-state index in [1.54, 1.807) is 33.8 Å². The number of benzene rings is 1. The average molecular weight is 433 g/mol. The second-order valence-corrected chi connectivity index (χ2v) is 8.81. The minimum absolute atomic E-state index is 0.166. The number of anilines is 1. The van der Waals surface area contributed by atoms with Crippen molar-refractivity contribution >= 4 is 50.2 Å². The number of hydrogen-bond donors (Lipinski definition) is 3. The van der Waals surface area contributed by atoms with Gasteiger partial charge in [0.2, 0.25) is 5.88 Å². The first-order chi connectivity index (χ1) is 14.1. The number of nitrogens with zero attached hydrogens (tertiary/aromatic N) is 2. The third-order valence-electron chi connectivity index (χ3n) is 4.09. The van der Waals surface area contributed by atoms with Crippen LogP contribution >= 0.6 is 11.3 Å². The Morgan fingerprint density at radius 1 is 1.30 bits per heavy atom. The van der Waals surface area contributed by atoms with E-state index >= 15 is 0 Å². The molecule has 3 N–H and O–H groups in total. The van der Waals surface area contributed by atoms with Crippen molar-refractivity contribution in [2.45, 2.75) is 39.3 Å². The molecular weight excluding hydrogens is 408 g/mol. The largest absolute Gasteiger partial charge is 0.480 e. The van der Waals surface area contributed by atoms with Crippen LogP contribution in [0.1, 0.15) is 37.4 Å². The maximum absolute atomic E-state index is 12.0. The lowest BCUT2D eigenvalue weighted by Gasteiger charge is -2.22. The number of aromatic carboxylic acids is 1. The van der Waals surface area contributed by atoms with E-state index in [1.807, 2.05) is 6.07 Å². The van der Waals surface area contributed by atoms with Gasteiger partial charge in [-0.25, -0.2) is 19.6 Å². The summed E-state index contributed by atoms with van der Waals surface area (Å²) in [7, 11) is 1.51. The Morgan fingerprint density at radius 2 is 2.03 bits per heavy atom. The van der Waals surface area contributed by atoms with Gasteiger partial charge >= 0.3 is 12.1 Å². The molecule has 160 valence electrons. The second kappa shape index (κ2) is 8.31. The molecule has 1 atom stereocenters. The number of amides is 1. The van der Waals surface area contributed by atoms with Gasteiger partial charge in [-0.05, 0) is 39.8 Å². The van der Waals surface area contributed by atoms with E-state index in [0.717, 1.165) is 16.0 Å². The monoisotopic (exact) mass is 432 g/mol. The fraction of sp³-hybridized carbons (Fsp3) is 0.400. The van der Waals surface area contributed by atoms with Crippen LogP contribution < -0.4 is 15.4 Å². The smallest absolute Gasteiger partial charge is 0.407 e. The Kier molecular flexibility index (Phi) is 5.97. The van der Waals surface area contributed by atoms with Crippen molar-refractivity contribution in [2.75, 3.05) is 19.0 Å². The summed E-state index contributed by atoms with van der Waals surface area (Å²) < 4.78 is 11.2. The van der Waals surface area contributed by atoms with E-state index in [9.17, 15) is 14.7 Å². The maximum atomic E-state index is 12.0. The van der Waals surface area contributed by atoms with Gasteiger partial charge in [0.1, 0.15) is 10.5 Å². The van der Waals surface area contributed by atoms with Gasteiger partial charge in [0.15, 0.2) is 0 Å². The van der Waals surface area contributed by atoms with E-state index in [1.165, 1.54) is 13.3 Å². The Morgan fingerprint density at radius 3 is 2.67 bits per heavy atom. The Hall–Kier alpha value is -3.14. The zero-order valence-electron chi connectivity index (χ0n) is 17.4. The number of thiophene rings is 1. The second-order valence-electron chi connectivity index (χ2n) is 7.76. The van der Waals surface area contributed by atoms with E-state index in [2.05, 4.69) is 20.6 Å². The predicted molar refractivity (Wildman–Crippen MR) is 116 cm³/mol. The first-order valence-corrected chi connectivity index (χ1v) is 10.1. The fourth-order valence-electron chi connectivity index (χ4n) is 2.88. The molecule has 10 heteroatoms. The van der Waals surface area contributed by atoms with Gasteiger partial charge in [-0.2, -0.15) is 0 Å². The van der Waals surface area contributed by atoms with Gasteiger partial charge in [-0.1, -0.05) is 0 Å². The number of aromatic nitrogens is 2. The van der Waals surface area contributed by atoms with Gasteiger partial charge < -0.3 is 25.2 Å². The Bertz CT molecular complexity index is 1110. The lowest BCUT2D eigenvalue weighted by atomic mass is 10.1. The number of carbonyl (C=O) groups is 2. The molecule has 0 unspecified atom stereocenters. The molecule has 0 aliphatic heterocycles. The predicted octanol–water partition coefficient (Wildman–Crippen LogP) is 3.88. The number of nitrogens with one attached hydrogen (secondary N) is 2. The van der Waals surface area contributed by atoms with Crippen LogP contribution in [-0.4, -0.2) is 52.4 Å². The summed E-state index contributed by atoms with van der Waals surface area (Å²) in [6, 6.07) is 3.29. The number of fused-ring (bicyclic) bond motifs is 3. The molecule has 3 rings (SSSR count). The number of carboxylic acid groups (broad SMARTS) is 1. The highest BCUT2D eigenvalue weighted by molar-refractivity contribution is 7.21. The van der Waals surface area contributed by atoms with E-state index in [0.29, 0.717) is 34.5 Å². The quantitative estimate of drug-likeness (QED) is 0.536. The Labute approximate surface area is 177 Å². The van der Waals surface area contributed by atoms with Crippen molar-refractivity contribution in [2.24, 2.45) is 0 Å². The molecule has 2 aromatic heterocycles. The molecule has 0 saturated heterocycles. The topological polar surface area (TPSA) is 123 Å². The summed E-state index contributed by atoms with van der Waals surface area (Å²) in [5, 5.41) is 16.3. The fourth-order valence-corrected chi connectivity index (χ4v) is 3.90. The summed E-state index contributed by atoms with van der Waals surface area (Å²) in [5.74, 6) is -0.665. The zero-order valence-corrected chi connectivity index (χ0v) is 18.2. The van der Waals surface area contributed by atoms with Crippen molar-refractivity contribution in [1.82, 2.24) is 15.3 Å². The van der Waals surface area contributed by atoms with E-state index < -0.39 is 17.7 Å². The van der Waals surface area contributed by atoms with Crippen LogP contribution in [0.5, 0.6) is 5.88 Å². The maximum Gasteiger partial charge on any atom is 0.407 e. The minimum atomic E-state index is -1.04. The molecule has 3 aromatic rings. The lowest BCUT2D eigenvalue weighted by molar-refractivity contribution is 0.0510. The van der Waals surface area contributed by atoms with Crippen LogP contribution in [-0.2, 0) is 4.74 Å². The summed E-state index contributed by atoms with van der Waals surface area (Å²) in [6.07, 6.45) is 0.963. The lowest BCUT2D eigenvalue weighted by Crippen LogP contribution is -2.40. The molecular formula is C20H24N4O5S. The number of hydrogen-bond acceptors (Lipinski definition) is 8. The van der Waals surface area contributed by atoms with Crippen LogP contribution in [0.2, 0.25) is 0 Å². The van der Waals surface area contributed by atoms with Gasteiger partial charge in [0, 0.05) is 22.7 Å². The van der Waals surface area contributed by atoms with Crippen molar-refractivity contribution in [3.05, 3.63) is 23.2 Å². The van der Waals surface area contributed by atoms with Crippen molar-refractivity contribution in [3.8, 4) is 5.88 Å². The summed E-state index contributed by atoms with van der Waals surface area (Å²) in [4.78, 5) is 32.8. The van der Waals surface area contributed by atoms with Gasteiger partial charge in [-0.15, -0.1) is 11.3 Å². The SMILES string of the molecule is COc1cnc2c(ccc3sc(C(=O)O)c(NC[C@@H](C)NC(=O)OC(C)(C)C)c32)n1. The van der Waals surface area contributed by atoms with Crippen LogP contribution in [0.4, 0.5) is 10.5 Å². The van der Waals surface area contributed by atoms with Crippen LogP contribution in [0.25, 0.3) is 21.1 Å². The molecule has 0 fully saturated rings. The third-order valence-corrected chi connectivity index (χ3v) is 5.24. The van der Waals surface area contributed by atoms with E-state index in [-0.39, 0.29) is 10.9 Å². The van der Waals surface area contributed by atoms with Gasteiger partial charge in [-0.3, -0.25) is 0 Å². The molecule has 2 heterocycles. The highest BCUT2D eigenvalue weighted by atomic mass is 32.1. The molecule has 0 saturated carbocycles. The number of methoxy groups -OCH3 is 1. The third kappa shape index (κ3) is 4.70. The van der Waals surface area contributed by atoms with Crippen molar-refractivity contribution in [1.29, 1.82) is 0 Å². The molecule has 9 nitrogen and oxygen atoms in total. The van der Waals surface area contributed by atoms with Crippen LogP contribution in [0, 0.1) is 0 Å². The van der Waals surface area contributed by atoms with Crippen LogP contribution in [0.3, 0.4) is 0 Å². The number of ether oxygens (including phenoxy) is 2. The van der Waals surface area contributed by atoms with Crippen molar-refractivity contribution in [3.63, 3.8) is 0 Å². The summed E-state index contributed by atoms with van der Waals surface area (Å²) >= 11 is 1.16. The van der Waals surface area contributed by atoms with Gasteiger partial charge in [0.25, 0.3) is 0 Å². The summed E-state index contributed by atoms with van der Waals surface area (Å²) in [6.45, 7) is 7.45. The molecule has 0 aliphatic carbocycles. The molecule has 0 aliphatic rings. The normalized spacial score (nSPS) is 12.6. The molecule has 30 heavy (non-hydrogen) atoms. The molecule has 0 spiro atoms. The Balaban J connectivity index is 1.91. The highest BCUT2D eigenvalue weighted by Crippen LogP contribution is 2.39. The van der Waals surface area contributed by atoms with Crippen molar-refractivity contribution < 1.29 is 24.2 Å². The van der Waals surface area contributed by atoms with Gasteiger partial charge in [0.05, 0.1) is 30.0 Å². The number of rotatable bonds is 6. The number of alkyl carbamates (subject to hydrolysis) is 1. The summed E-state index contributed by atoms with van der Waals surface area (Å²) in [5.41, 5.74) is 1.02. The molecule has 0 bridgehead atoms. The average Bonchev–Trinajstić information content (AvgIpc) is 3.03. The highest BCUT2D eigenvalue weighted by Gasteiger charge is 2.22. The molecule has 0 radical (unpaired) electrons. The van der Waals surface area contributed by atoms with Crippen LogP contribution in [0.15, 0.2) is 18.3 Å². The zero-order chi connectivity index (χ0) is 22.1. The first-order valence-electron chi connectivity index (χ1n) is 9.32. The number of carboxylic acids is 1. The number of carbonyl (C=O) groups excluding carboxylic acids is 1.